The van der Waals surface area contributed by atoms with E-state index in [-0.39, 0.29) is 24.1 Å². The molecule has 2 saturated heterocycles. The van der Waals surface area contributed by atoms with Crippen LogP contribution in [0.5, 0.6) is 0 Å². The minimum Gasteiger partial charge on any atom is -0.368 e. The largest absolute Gasteiger partial charge is 0.368 e. The van der Waals surface area contributed by atoms with Gasteiger partial charge in [0.25, 0.3) is 5.91 Å². The van der Waals surface area contributed by atoms with Crippen LogP contribution in [-0.2, 0) is 22.6 Å². The Bertz CT molecular complexity index is 1200. The molecule has 7 nitrogen and oxygen atoms in total. The maximum absolute atomic E-state index is 13.0. The van der Waals surface area contributed by atoms with E-state index in [0.29, 0.717) is 23.6 Å². The minimum atomic E-state index is -0.569. The highest BCUT2D eigenvalue weighted by Gasteiger charge is 2.39. The van der Waals surface area contributed by atoms with Gasteiger partial charge in [0, 0.05) is 49.7 Å². The molecule has 5 rings (SSSR count). The van der Waals surface area contributed by atoms with Gasteiger partial charge < -0.3 is 9.80 Å². The normalized spacial score (nSPS) is 20.4. The fourth-order valence-corrected chi connectivity index (χ4v) is 6.06. The van der Waals surface area contributed by atoms with E-state index in [1.807, 2.05) is 30.3 Å². The van der Waals surface area contributed by atoms with Crippen LogP contribution in [0, 0.1) is 0 Å². The van der Waals surface area contributed by atoms with Crippen molar-refractivity contribution in [1.29, 1.82) is 0 Å². The lowest BCUT2D eigenvalue weighted by atomic mass is 9.98. The van der Waals surface area contributed by atoms with Crippen molar-refractivity contribution in [3.63, 3.8) is 0 Å². The second-order valence-corrected chi connectivity index (χ2v) is 10.9. The van der Waals surface area contributed by atoms with E-state index < -0.39 is 6.04 Å². The number of piperazine rings is 1. The number of carbonyl (C=O) groups excluding carboxylic acids is 3. The first-order valence-corrected chi connectivity index (χ1v) is 13.8. The molecule has 3 heterocycles. The highest BCUT2D eigenvalue weighted by molar-refractivity contribution is 6.35. The quantitative estimate of drug-likeness (QED) is 0.398. The van der Waals surface area contributed by atoms with Crippen LogP contribution in [-0.4, -0.2) is 66.3 Å². The zero-order valence-corrected chi connectivity index (χ0v) is 22.4. The van der Waals surface area contributed by atoms with Crippen LogP contribution in [0.25, 0.3) is 0 Å². The van der Waals surface area contributed by atoms with Gasteiger partial charge in [-0.05, 0) is 67.6 Å². The average Bonchev–Trinajstić information content (AvgIpc) is 3.22. The number of hydrogen-bond acceptors (Lipinski definition) is 5. The third-order valence-electron chi connectivity index (χ3n) is 7.72. The fraction of sp³-hybridized carbons (Fsp3) is 0.464. The Labute approximate surface area is 227 Å². The Kier molecular flexibility index (Phi) is 8.03. The predicted molar refractivity (Wildman–Crippen MR) is 145 cm³/mol. The number of unbranched alkanes of at least 4 members (excludes halogenated alkanes) is 2. The number of nitrogens with one attached hydrogen (secondary N) is 1. The molecule has 1 atom stereocenters. The van der Waals surface area contributed by atoms with Crippen LogP contribution in [0.1, 0.15) is 53.6 Å². The van der Waals surface area contributed by atoms with Crippen molar-refractivity contribution in [1.82, 2.24) is 15.1 Å². The van der Waals surface area contributed by atoms with Crippen molar-refractivity contribution in [2.45, 2.75) is 51.1 Å². The Hall–Kier alpha value is -2.61. The number of aryl methyl sites for hydroxylation is 1. The second kappa shape index (κ2) is 11.4. The molecule has 37 heavy (non-hydrogen) atoms. The van der Waals surface area contributed by atoms with Crippen LogP contribution in [0.15, 0.2) is 36.4 Å². The molecule has 1 N–H and O–H groups in total. The number of rotatable bonds is 8. The predicted octanol–water partition coefficient (Wildman–Crippen LogP) is 4.29. The van der Waals surface area contributed by atoms with Crippen molar-refractivity contribution >= 4 is 46.6 Å². The van der Waals surface area contributed by atoms with Crippen LogP contribution in [0.4, 0.5) is 5.69 Å². The molecule has 2 aromatic carbocycles. The summed E-state index contributed by atoms with van der Waals surface area (Å²) in [7, 11) is 0. The van der Waals surface area contributed by atoms with Gasteiger partial charge in [0.1, 0.15) is 6.04 Å². The summed E-state index contributed by atoms with van der Waals surface area (Å²) < 4.78 is 0. The van der Waals surface area contributed by atoms with Gasteiger partial charge in [0.2, 0.25) is 11.8 Å². The molecule has 0 aromatic heterocycles. The standard InChI is InChI=1S/C28H32Cl2N4O3/c29-20-8-9-23(30)25(17-20)33-15-13-32(14-16-33)12-3-1-2-5-19-6-4-7-21-22(19)18-34(28(21)37)24-10-11-26(35)31-27(24)36/h4,6-9,17,24H,1-3,5,10-16,18H2,(H,31,35,36). The van der Waals surface area contributed by atoms with E-state index in [2.05, 4.69) is 21.2 Å². The van der Waals surface area contributed by atoms with Gasteiger partial charge >= 0.3 is 0 Å². The molecule has 0 radical (unpaired) electrons. The summed E-state index contributed by atoms with van der Waals surface area (Å²) in [5.41, 5.74) is 3.93. The van der Waals surface area contributed by atoms with E-state index in [9.17, 15) is 14.4 Å². The number of carbonyl (C=O) groups is 3. The maximum Gasteiger partial charge on any atom is 0.255 e. The third-order valence-corrected chi connectivity index (χ3v) is 8.28. The first-order chi connectivity index (χ1) is 17.9. The van der Waals surface area contributed by atoms with Crippen molar-refractivity contribution in [3.05, 3.63) is 63.1 Å². The Morgan fingerprint density at radius 3 is 2.54 bits per heavy atom. The summed E-state index contributed by atoms with van der Waals surface area (Å²) in [5.74, 6) is -0.738. The number of amides is 3. The van der Waals surface area contributed by atoms with Gasteiger partial charge in [0.15, 0.2) is 0 Å². The van der Waals surface area contributed by atoms with Crippen molar-refractivity contribution in [3.8, 4) is 0 Å². The second-order valence-electron chi connectivity index (χ2n) is 10.1. The van der Waals surface area contributed by atoms with Gasteiger partial charge in [-0.1, -0.05) is 41.8 Å². The molecule has 2 aromatic rings. The molecule has 1 unspecified atom stereocenters. The molecule has 0 saturated carbocycles. The molecule has 3 aliphatic rings. The first kappa shape index (κ1) is 26.0. The number of fused-ring (bicyclic) bond motifs is 1. The number of hydrogen-bond donors (Lipinski definition) is 1. The van der Waals surface area contributed by atoms with Crippen LogP contribution >= 0.6 is 23.2 Å². The summed E-state index contributed by atoms with van der Waals surface area (Å²) in [6.45, 7) is 5.41. The summed E-state index contributed by atoms with van der Waals surface area (Å²) in [5, 5.41) is 3.82. The smallest absolute Gasteiger partial charge is 0.255 e. The topological polar surface area (TPSA) is 73.0 Å². The van der Waals surface area contributed by atoms with E-state index in [4.69, 9.17) is 23.2 Å². The maximum atomic E-state index is 13.0. The molecular weight excluding hydrogens is 511 g/mol. The number of benzene rings is 2. The van der Waals surface area contributed by atoms with Crippen LogP contribution < -0.4 is 10.2 Å². The number of imide groups is 1. The summed E-state index contributed by atoms with van der Waals surface area (Å²) in [4.78, 5) is 43.3. The number of piperidine rings is 1. The molecule has 3 aliphatic heterocycles. The SMILES string of the molecule is O=C1CCC(N2Cc3c(CCCCCN4CCN(c5cc(Cl)ccc5Cl)CC4)cccc3C2=O)C(=O)N1. The molecule has 2 fully saturated rings. The third kappa shape index (κ3) is 5.79. The van der Waals surface area contributed by atoms with Crippen LogP contribution in [0.2, 0.25) is 10.0 Å². The van der Waals surface area contributed by atoms with E-state index in [1.54, 1.807) is 4.90 Å². The zero-order chi connectivity index (χ0) is 25.9. The van der Waals surface area contributed by atoms with Crippen molar-refractivity contribution < 1.29 is 14.4 Å². The van der Waals surface area contributed by atoms with Gasteiger partial charge in [-0.25, -0.2) is 0 Å². The highest BCUT2D eigenvalue weighted by Crippen LogP contribution is 2.31. The Balaban J connectivity index is 1.07. The monoisotopic (exact) mass is 542 g/mol. The van der Waals surface area contributed by atoms with E-state index >= 15 is 0 Å². The number of nitrogens with zero attached hydrogens (tertiary/aromatic N) is 3. The Morgan fingerprint density at radius 1 is 0.946 bits per heavy atom. The molecule has 196 valence electrons. The summed E-state index contributed by atoms with van der Waals surface area (Å²) in [6, 6.07) is 10.9. The molecule has 0 aliphatic carbocycles. The first-order valence-electron chi connectivity index (χ1n) is 13.1. The summed E-state index contributed by atoms with van der Waals surface area (Å²) >= 11 is 12.5. The molecular formula is C28H32Cl2N4O3. The highest BCUT2D eigenvalue weighted by atomic mass is 35.5. The molecule has 3 amide bonds. The van der Waals surface area contributed by atoms with E-state index in [1.165, 1.54) is 5.56 Å². The number of halogens is 2. The van der Waals surface area contributed by atoms with E-state index in [0.717, 1.165) is 74.7 Å². The molecule has 0 bridgehead atoms. The average molecular weight is 543 g/mol. The van der Waals surface area contributed by atoms with Gasteiger partial charge in [-0.3, -0.25) is 24.6 Å². The van der Waals surface area contributed by atoms with Gasteiger partial charge in [-0.15, -0.1) is 0 Å². The molecule has 0 spiro atoms. The lowest BCUT2D eigenvalue weighted by Gasteiger charge is -2.36. The van der Waals surface area contributed by atoms with Gasteiger partial charge in [-0.2, -0.15) is 0 Å². The summed E-state index contributed by atoms with van der Waals surface area (Å²) in [6.07, 6.45) is 4.89. The van der Waals surface area contributed by atoms with Crippen LogP contribution in [0.3, 0.4) is 0 Å². The minimum absolute atomic E-state index is 0.107. The Morgan fingerprint density at radius 2 is 1.76 bits per heavy atom. The van der Waals surface area contributed by atoms with Gasteiger partial charge in [0.05, 0.1) is 10.7 Å². The number of anilines is 1. The fourth-order valence-electron chi connectivity index (χ4n) is 5.65. The zero-order valence-electron chi connectivity index (χ0n) is 20.8. The molecule has 9 heteroatoms. The lowest BCUT2D eigenvalue weighted by molar-refractivity contribution is -0.136. The lowest BCUT2D eigenvalue weighted by Crippen LogP contribution is -2.52. The van der Waals surface area contributed by atoms with Crippen molar-refractivity contribution in [2.24, 2.45) is 0 Å². The van der Waals surface area contributed by atoms with Crippen molar-refractivity contribution in [2.75, 3.05) is 37.6 Å².